The second-order valence-electron chi connectivity index (χ2n) is 9.70. The summed E-state index contributed by atoms with van der Waals surface area (Å²) in [7, 11) is 0. The first-order chi connectivity index (χ1) is 15.7. The number of halogens is 3. The average Bonchev–Trinajstić information content (AvgIpc) is 3.09. The second kappa shape index (κ2) is 9.09. The number of pyridine rings is 1. The number of hydrogen-bond acceptors (Lipinski definition) is 4. The lowest BCUT2D eigenvalue weighted by atomic mass is 10.0. The fourth-order valence-corrected chi connectivity index (χ4v) is 3.73. The van der Waals surface area contributed by atoms with Crippen molar-refractivity contribution in [3.05, 3.63) is 58.4 Å². The van der Waals surface area contributed by atoms with Gasteiger partial charge in [0.2, 0.25) is 0 Å². The predicted octanol–water partition coefficient (Wildman–Crippen LogP) is 5.69. The first-order valence-electron chi connectivity index (χ1n) is 11.0. The van der Waals surface area contributed by atoms with Crippen LogP contribution in [0.15, 0.2) is 30.3 Å². The molecule has 34 heavy (non-hydrogen) atoms. The molecule has 0 bridgehead atoms. The summed E-state index contributed by atoms with van der Waals surface area (Å²) in [5.74, 6) is -0.790. The molecule has 2 aromatic heterocycles. The van der Waals surface area contributed by atoms with Gasteiger partial charge in [-0.2, -0.15) is 23.5 Å². The quantitative estimate of drug-likeness (QED) is 0.479. The molecule has 0 aliphatic heterocycles. The lowest BCUT2D eigenvalue weighted by Crippen LogP contribution is -2.38. The Morgan fingerprint density at radius 1 is 1.18 bits per heavy atom. The standard InChI is InChI=1S/C25H28F3N5O/c1-15(2)20-11-19(21-16(3)31-33(22(21)30-20)24(4,5)6)23(34)32(14-25(26,27)28)13-18-9-7-17(12-29)8-10-18/h7-11,15H,13-14H2,1-6H3. The summed E-state index contributed by atoms with van der Waals surface area (Å²) in [6, 6.07) is 9.71. The predicted molar refractivity (Wildman–Crippen MR) is 123 cm³/mol. The van der Waals surface area contributed by atoms with Crippen LogP contribution in [0.4, 0.5) is 13.2 Å². The maximum absolute atomic E-state index is 13.7. The molecule has 6 nitrogen and oxygen atoms in total. The third-order valence-electron chi connectivity index (χ3n) is 5.40. The lowest BCUT2D eigenvalue weighted by Gasteiger charge is -2.25. The highest BCUT2D eigenvalue weighted by atomic mass is 19.4. The average molecular weight is 472 g/mol. The monoisotopic (exact) mass is 471 g/mol. The molecule has 0 fully saturated rings. The number of hydrogen-bond donors (Lipinski definition) is 0. The maximum Gasteiger partial charge on any atom is 0.406 e. The van der Waals surface area contributed by atoms with E-state index in [4.69, 9.17) is 10.2 Å². The molecule has 0 spiro atoms. The van der Waals surface area contributed by atoms with Crippen molar-refractivity contribution in [2.45, 2.75) is 65.7 Å². The normalized spacial score (nSPS) is 12.3. The molecule has 0 aliphatic carbocycles. The molecular weight excluding hydrogens is 443 g/mol. The molecular formula is C25H28F3N5O. The van der Waals surface area contributed by atoms with E-state index in [1.54, 1.807) is 29.8 Å². The van der Waals surface area contributed by atoms with Crippen molar-refractivity contribution >= 4 is 16.9 Å². The van der Waals surface area contributed by atoms with E-state index in [1.807, 2.05) is 40.7 Å². The molecule has 1 amide bonds. The number of alkyl halides is 3. The third-order valence-corrected chi connectivity index (χ3v) is 5.40. The van der Waals surface area contributed by atoms with Gasteiger partial charge in [-0.1, -0.05) is 26.0 Å². The topological polar surface area (TPSA) is 74.8 Å². The highest BCUT2D eigenvalue weighted by Crippen LogP contribution is 2.31. The van der Waals surface area contributed by atoms with Crippen LogP contribution >= 0.6 is 0 Å². The van der Waals surface area contributed by atoms with E-state index >= 15 is 0 Å². The van der Waals surface area contributed by atoms with Gasteiger partial charge in [0.15, 0.2) is 5.65 Å². The lowest BCUT2D eigenvalue weighted by molar-refractivity contribution is -0.141. The van der Waals surface area contributed by atoms with Crippen LogP contribution in [0.5, 0.6) is 0 Å². The number of nitrogens with zero attached hydrogens (tertiary/aromatic N) is 5. The molecule has 0 atom stereocenters. The molecule has 1 aromatic carbocycles. The SMILES string of the molecule is Cc1nn(C(C)(C)C)c2nc(C(C)C)cc(C(=O)N(Cc3ccc(C#N)cc3)CC(F)(F)F)c12. The molecule has 0 N–H and O–H groups in total. The second-order valence-corrected chi connectivity index (χ2v) is 9.70. The van der Waals surface area contributed by atoms with Gasteiger partial charge >= 0.3 is 6.18 Å². The minimum absolute atomic E-state index is 0.0471. The first kappa shape index (κ1) is 25.2. The van der Waals surface area contributed by atoms with Gasteiger partial charge in [0.1, 0.15) is 6.54 Å². The van der Waals surface area contributed by atoms with Crippen molar-refractivity contribution in [2.75, 3.05) is 6.54 Å². The van der Waals surface area contributed by atoms with Crippen molar-refractivity contribution in [1.82, 2.24) is 19.7 Å². The third kappa shape index (κ3) is 5.38. The number of carbonyl (C=O) groups excluding carboxylic acids is 1. The van der Waals surface area contributed by atoms with E-state index in [9.17, 15) is 18.0 Å². The zero-order valence-electron chi connectivity index (χ0n) is 20.2. The van der Waals surface area contributed by atoms with E-state index in [1.165, 1.54) is 12.1 Å². The Labute approximate surface area is 197 Å². The summed E-state index contributed by atoms with van der Waals surface area (Å²) >= 11 is 0. The summed E-state index contributed by atoms with van der Waals surface area (Å²) < 4.78 is 42.2. The first-order valence-corrected chi connectivity index (χ1v) is 11.0. The Bertz CT molecular complexity index is 1250. The van der Waals surface area contributed by atoms with Gasteiger partial charge < -0.3 is 4.90 Å². The van der Waals surface area contributed by atoms with Gasteiger partial charge in [-0.15, -0.1) is 0 Å². The summed E-state index contributed by atoms with van der Waals surface area (Å²) in [5, 5.41) is 14.0. The van der Waals surface area contributed by atoms with Gasteiger partial charge in [-0.25, -0.2) is 9.67 Å². The molecule has 3 rings (SSSR count). The number of fused-ring (bicyclic) bond motifs is 1. The fraction of sp³-hybridized carbons (Fsp3) is 0.440. The number of rotatable bonds is 5. The Balaban J connectivity index is 2.17. The van der Waals surface area contributed by atoms with Crippen molar-refractivity contribution in [1.29, 1.82) is 5.26 Å². The minimum atomic E-state index is -4.58. The van der Waals surface area contributed by atoms with Crippen LogP contribution in [0.1, 0.15) is 73.4 Å². The van der Waals surface area contributed by atoms with Gasteiger partial charge in [0.25, 0.3) is 5.91 Å². The molecule has 0 saturated heterocycles. The minimum Gasteiger partial charge on any atom is -0.325 e. The van der Waals surface area contributed by atoms with E-state index in [2.05, 4.69) is 5.10 Å². The van der Waals surface area contributed by atoms with Crippen molar-refractivity contribution in [3.63, 3.8) is 0 Å². The van der Waals surface area contributed by atoms with E-state index in [0.717, 1.165) is 4.90 Å². The molecule has 9 heteroatoms. The van der Waals surface area contributed by atoms with Gasteiger partial charge in [-0.05, 0) is 57.4 Å². The summed E-state index contributed by atoms with van der Waals surface area (Å²) in [6.45, 7) is 9.75. The largest absolute Gasteiger partial charge is 0.406 e. The maximum atomic E-state index is 13.7. The van der Waals surface area contributed by atoms with Crippen LogP contribution in [-0.2, 0) is 12.1 Å². The van der Waals surface area contributed by atoms with E-state index in [0.29, 0.717) is 33.5 Å². The Morgan fingerprint density at radius 2 is 1.79 bits per heavy atom. The van der Waals surface area contributed by atoms with Gasteiger partial charge in [0, 0.05) is 12.2 Å². The van der Waals surface area contributed by atoms with Crippen molar-refractivity contribution < 1.29 is 18.0 Å². The van der Waals surface area contributed by atoms with Crippen LogP contribution in [0.3, 0.4) is 0 Å². The molecule has 0 radical (unpaired) electrons. The number of carbonyl (C=O) groups is 1. The zero-order chi connectivity index (χ0) is 25.4. The molecule has 180 valence electrons. The number of nitriles is 1. The van der Waals surface area contributed by atoms with Crippen LogP contribution < -0.4 is 0 Å². The Morgan fingerprint density at radius 3 is 2.29 bits per heavy atom. The molecule has 2 heterocycles. The summed E-state index contributed by atoms with van der Waals surface area (Å²) in [4.78, 5) is 19.2. The Hall–Kier alpha value is -3.41. The Kier molecular flexibility index (Phi) is 6.74. The van der Waals surface area contributed by atoms with Crippen LogP contribution in [0.25, 0.3) is 11.0 Å². The fourth-order valence-electron chi connectivity index (χ4n) is 3.73. The molecule has 0 unspecified atom stereocenters. The van der Waals surface area contributed by atoms with E-state index < -0.39 is 24.2 Å². The molecule has 0 aliphatic rings. The zero-order valence-corrected chi connectivity index (χ0v) is 20.2. The number of amides is 1. The molecule has 0 saturated carbocycles. The van der Waals surface area contributed by atoms with Crippen LogP contribution in [-0.4, -0.2) is 38.3 Å². The van der Waals surface area contributed by atoms with E-state index in [-0.39, 0.29) is 18.0 Å². The highest BCUT2D eigenvalue weighted by molar-refractivity contribution is 6.06. The van der Waals surface area contributed by atoms with Gasteiger partial charge in [0.05, 0.1) is 33.8 Å². The van der Waals surface area contributed by atoms with Crippen LogP contribution in [0, 0.1) is 18.3 Å². The number of aryl methyl sites for hydroxylation is 1. The number of aromatic nitrogens is 3. The highest BCUT2D eigenvalue weighted by Gasteiger charge is 2.35. The van der Waals surface area contributed by atoms with Crippen molar-refractivity contribution in [3.8, 4) is 6.07 Å². The summed E-state index contributed by atoms with van der Waals surface area (Å²) in [5.41, 5.74) is 2.20. The number of benzene rings is 1. The summed E-state index contributed by atoms with van der Waals surface area (Å²) in [6.07, 6.45) is -4.58. The van der Waals surface area contributed by atoms with Gasteiger partial charge in [-0.3, -0.25) is 4.79 Å². The smallest absolute Gasteiger partial charge is 0.325 e. The molecule has 3 aromatic rings. The van der Waals surface area contributed by atoms with Crippen LogP contribution in [0.2, 0.25) is 0 Å². The van der Waals surface area contributed by atoms with Crippen molar-refractivity contribution in [2.24, 2.45) is 0 Å².